The van der Waals surface area contributed by atoms with E-state index in [0.29, 0.717) is 17.6 Å². The average Bonchev–Trinajstić information content (AvgIpc) is 2.65. The standard InChI is InChI=1S/C24H28O2/c1-16(2)22-14-5-17(3)23(24(22)25)15-18-6-8-19(9-7-18)20-10-12-21(26-4)13-11-20/h6-13,15-17,22H,5,14H2,1-4H3. The number of Topliss-reactive ketones (excluding diaryl/α,β-unsaturated/α-hetero) is 1. The molecule has 0 aliphatic heterocycles. The molecule has 0 amide bonds. The summed E-state index contributed by atoms with van der Waals surface area (Å²) in [6.07, 6.45) is 4.22. The summed E-state index contributed by atoms with van der Waals surface area (Å²) in [7, 11) is 1.68. The van der Waals surface area contributed by atoms with Gasteiger partial charge in [0.05, 0.1) is 7.11 Å². The molecule has 2 heteroatoms. The molecular weight excluding hydrogens is 320 g/mol. The zero-order valence-electron chi connectivity index (χ0n) is 16.2. The highest BCUT2D eigenvalue weighted by Crippen LogP contribution is 2.35. The van der Waals surface area contributed by atoms with Crippen molar-refractivity contribution in [3.05, 3.63) is 59.7 Å². The summed E-state index contributed by atoms with van der Waals surface area (Å²) in [5.41, 5.74) is 4.42. The summed E-state index contributed by atoms with van der Waals surface area (Å²) in [4.78, 5) is 12.9. The molecule has 26 heavy (non-hydrogen) atoms. The van der Waals surface area contributed by atoms with Gasteiger partial charge in [-0.15, -0.1) is 0 Å². The van der Waals surface area contributed by atoms with Crippen molar-refractivity contribution >= 4 is 11.9 Å². The Balaban J connectivity index is 1.83. The van der Waals surface area contributed by atoms with Gasteiger partial charge in [-0.2, -0.15) is 0 Å². The molecule has 2 aromatic rings. The first kappa shape index (κ1) is 18.4. The van der Waals surface area contributed by atoms with E-state index in [0.717, 1.165) is 40.9 Å². The number of carbonyl (C=O) groups excluding carboxylic acids is 1. The van der Waals surface area contributed by atoms with Crippen LogP contribution in [0.4, 0.5) is 0 Å². The molecule has 0 aromatic heterocycles. The SMILES string of the molecule is COc1ccc(-c2ccc(C=C3C(=O)C(C(C)C)CCC3C)cc2)cc1. The molecule has 136 valence electrons. The van der Waals surface area contributed by atoms with Gasteiger partial charge < -0.3 is 4.74 Å². The third kappa shape index (κ3) is 3.90. The molecule has 2 unspecified atom stereocenters. The van der Waals surface area contributed by atoms with Crippen LogP contribution in [0.25, 0.3) is 17.2 Å². The van der Waals surface area contributed by atoms with E-state index in [1.54, 1.807) is 7.11 Å². The Morgan fingerprint density at radius 3 is 2.08 bits per heavy atom. The normalized spacial score (nSPS) is 22.0. The lowest BCUT2D eigenvalue weighted by Gasteiger charge is -2.30. The number of methoxy groups -OCH3 is 1. The molecule has 0 radical (unpaired) electrons. The van der Waals surface area contributed by atoms with Crippen molar-refractivity contribution < 1.29 is 9.53 Å². The van der Waals surface area contributed by atoms with Crippen molar-refractivity contribution in [2.24, 2.45) is 17.8 Å². The van der Waals surface area contributed by atoms with Crippen molar-refractivity contribution in [3.63, 3.8) is 0 Å². The maximum Gasteiger partial charge on any atom is 0.162 e. The Morgan fingerprint density at radius 1 is 0.962 bits per heavy atom. The van der Waals surface area contributed by atoms with Gasteiger partial charge in [0, 0.05) is 5.92 Å². The van der Waals surface area contributed by atoms with Gasteiger partial charge in [0.2, 0.25) is 0 Å². The molecule has 2 atom stereocenters. The predicted molar refractivity (Wildman–Crippen MR) is 108 cm³/mol. The lowest BCUT2D eigenvalue weighted by molar-refractivity contribution is -0.122. The van der Waals surface area contributed by atoms with E-state index < -0.39 is 0 Å². The maximum atomic E-state index is 12.9. The lowest BCUT2D eigenvalue weighted by atomic mass is 9.73. The third-order valence-corrected chi connectivity index (χ3v) is 5.52. The Hall–Kier alpha value is -2.35. The van der Waals surface area contributed by atoms with Crippen molar-refractivity contribution in [2.45, 2.75) is 33.6 Å². The monoisotopic (exact) mass is 348 g/mol. The van der Waals surface area contributed by atoms with Crippen LogP contribution >= 0.6 is 0 Å². The van der Waals surface area contributed by atoms with Crippen LogP contribution in [0.1, 0.15) is 39.2 Å². The van der Waals surface area contributed by atoms with Crippen LogP contribution < -0.4 is 4.74 Å². The molecule has 0 heterocycles. The highest BCUT2D eigenvalue weighted by Gasteiger charge is 2.32. The van der Waals surface area contributed by atoms with E-state index in [9.17, 15) is 4.79 Å². The van der Waals surface area contributed by atoms with Crippen molar-refractivity contribution in [3.8, 4) is 16.9 Å². The Bertz CT molecular complexity index is 782. The van der Waals surface area contributed by atoms with Crippen LogP contribution in [0.15, 0.2) is 54.1 Å². The highest BCUT2D eigenvalue weighted by molar-refractivity contribution is 6.02. The fraction of sp³-hybridized carbons (Fsp3) is 0.375. The third-order valence-electron chi connectivity index (χ3n) is 5.52. The number of allylic oxidation sites excluding steroid dienone is 1. The number of ether oxygens (including phenoxy) is 1. The maximum absolute atomic E-state index is 12.9. The Labute approximate surface area is 156 Å². The lowest BCUT2D eigenvalue weighted by Crippen LogP contribution is -2.30. The van der Waals surface area contributed by atoms with Gasteiger partial charge in [-0.25, -0.2) is 0 Å². The predicted octanol–water partition coefficient (Wildman–Crippen LogP) is 6.02. The second kappa shape index (κ2) is 7.90. The van der Waals surface area contributed by atoms with E-state index in [1.165, 1.54) is 0 Å². The summed E-state index contributed by atoms with van der Waals surface area (Å²) < 4.78 is 5.21. The van der Waals surface area contributed by atoms with Crippen LogP contribution in [0, 0.1) is 17.8 Å². The van der Waals surface area contributed by atoms with Gasteiger partial charge >= 0.3 is 0 Å². The highest BCUT2D eigenvalue weighted by atomic mass is 16.5. The van der Waals surface area contributed by atoms with Gasteiger partial charge in [-0.05, 0) is 65.1 Å². The van der Waals surface area contributed by atoms with Crippen LogP contribution in [0.2, 0.25) is 0 Å². The number of ketones is 1. The number of hydrogen-bond acceptors (Lipinski definition) is 2. The molecule has 1 saturated carbocycles. The molecule has 2 aromatic carbocycles. The zero-order valence-corrected chi connectivity index (χ0v) is 16.2. The molecule has 1 aliphatic rings. The first-order chi connectivity index (χ1) is 12.5. The average molecular weight is 348 g/mol. The fourth-order valence-electron chi connectivity index (χ4n) is 3.76. The van der Waals surface area contributed by atoms with Gasteiger partial charge in [0.25, 0.3) is 0 Å². The minimum absolute atomic E-state index is 0.177. The van der Waals surface area contributed by atoms with Crippen molar-refractivity contribution in [2.75, 3.05) is 7.11 Å². The van der Waals surface area contributed by atoms with Crippen LogP contribution in [0.5, 0.6) is 5.75 Å². The zero-order chi connectivity index (χ0) is 18.7. The van der Waals surface area contributed by atoms with E-state index in [2.05, 4.69) is 63.2 Å². The van der Waals surface area contributed by atoms with Gasteiger partial charge in [-0.1, -0.05) is 57.2 Å². The summed E-state index contributed by atoms with van der Waals surface area (Å²) in [5.74, 6) is 2.14. The van der Waals surface area contributed by atoms with E-state index in [4.69, 9.17) is 4.74 Å². The van der Waals surface area contributed by atoms with Crippen LogP contribution in [-0.2, 0) is 4.79 Å². The van der Waals surface area contributed by atoms with E-state index in [-0.39, 0.29) is 5.92 Å². The van der Waals surface area contributed by atoms with Gasteiger partial charge in [0.15, 0.2) is 5.78 Å². The quantitative estimate of drug-likeness (QED) is 0.632. The van der Waals surface area contributed by atoms with Crippen LogP contribution in [0.3, 0.4) is 0 Å². The second-order valence-corrected chi connectivity index (χ2v) is 7.64. The molecule has 0 saturated heterocycles. The number of benzene rings is 2. The van der Waals surface area contributed by atoms with Crippen molar-refractivity contribution in [1.29, 1.82) is 0 Å². The van der Waals surface area contributed by atoms with Crippen molar-refractivity contribution in [1.82, 2.24) is 0 Å². The topological polar surface area (TPSA) is 26.3 Å². The van der Waals surface area contributed by atoms with Gasteiger partial charge in [0.1, 0.15) is 5.75 Å². The molecule has 3 rings (SSSR count). The summed E-state index contributed by atoms with van der Waals surface area (Å²) >= 11 is 0. The molecule has 1 fully saturated rings. The molecule has 0 N–H and O–H groups in total. The largest absolute Gasteiger partial charge is 0.497 e. The molecule has 1 aliphatic carbocycles. The second-order valence-electron chi connectivity index (χ2n) is 7.64. The molecule has 0 bridgehead atoms. The smallest absolute Gasteiger partial charge is 0.162 e. The first-order valence-corrected chi connectivity index (χ1v) is 9.50. The van der Waals surface area contributed by atoms with Gasteiger partial charge in [-0.3, -0.25) is 4.79 Å². The molecule has 0 spiro atoms. The van der Waals surface area contributed by atoms with E-state index >= 15 is 0 Å². The Kier molecular flexibility index (Phi) is 5.61. The fourth-order valence-corrected chi connectivity index (χ4v) is 3.76. The Morgan fingerprint density at radius 2 is 1.54 bits per heavy atom. The number of hydrogen-bond donors (Lipinski definition) is 0. The first-order valence-electron chi connectivity index (χ1n) is 9.50. The minimum Gasteiger partial charge on any atom is -0.497 e. The summed E-state index contributed by atoms with van der Waals surface area (Å²) in [6.45, 7) is 6.48. The molecule has 2 nitrogen and oxygen atoms in total. The summed E-state index contributed by atoms with van der Waals surface area (Å²) in [5, 5.41) is 0. The number of carbonyl (C=O) groups is 1. The molecular formula is C24H28O2. The van der Waals surface area contributed by atoms with E-state index in [1.807, 2.05) is 12.1 Å². The minimum atomic E-state index is 0.177. The summed E-state index contributed by atoms with van der Waals surface area (Å²) in [6, 6.07) is 16.5. The number of rotatable bonds is 4. The van der Waals surface area contributed by atoms with Crippen LogP contribution in [-0.4, -0.2) is 12.9 Å².